The van der Waals surface area contributed by atoms with Gasteiger partial charge in [-0.3, -0.25) is 4.68 Å². The topological polar surface area (TPSA) is 94.2 Å². The summed E-state index contributed by atoms with van der Waals surface area (Å²) >= 11 is 0. The molecule has 1 aromatic carbocycles. The van der Waals surface area contributed by atoms with E-state index in [0.717, 1.165) is 41.7 Å². The molecule has 2 aromatic rings. The van der Waals surface area contributed by atoms with Crippen LogP contribution in [0.5, 0.6) is 0 Å². The van der Waals surface area contributed by atoms with E-state index in [1.54, 1.807) is 0 Å². The molecule has 0 spiro atoms. The second-order valence-electron chi connectivity index (χ2n) is 6.54. The third-order valence-corrected chi connectivity index (χ3v) is 4.45. The zero-order chi connectivity index (χ0) is 18.8. The van der Waals surface area contributed by atoms with Gasteiger partial charge in [-0.1, -0.05) is 19.9 Å². The van der Waals surface area contributed by atoms with E-state index in [0.29, 0.717) is 11.4 Å². The number of nitrogens with one attached hydrogen (secondary N) is 1. The van der Waals surface area contributed by atoms with Crippen molar-refractivity contribution < 1.29 is 4.39 Å². The number of fused-ring (bicyclic) bond motifs is 1. The van der Waals surface area contributed by atoms with Crippen LogP contribution in [0.2, 0.25) is 0 Å². The Morgan fingerprint density at radius 3 is 2.88 bits per heavy atom. The standard InChI is InChI=1S/C19H25FN6/c1-4-5-8-26-17-7-6-13(9-15(17)12(3)25-26)23-19-14(11(2)21)10-16(20)18(22)24-19/h6-7,9-10,16,18H,2,4-5,8,21-22H2,1,3H3,(H,23,24). The van der Waals surface area contributed by atoms with Gasteiger partial charge in [-0.25, -0.2) is 9.38 Å². The van der Waals surface area contributed by atoms with Crippen molar-refractivity contribution in [3.05, 3.63) is 47.8 Å². The van der Waals surface area contributed by atoms with Crippen LogP contribution in [0.4, 0.5) is 10.1 Å². The molecule has 7 heteroatoms. The number of nitrogens with zero attached hydrogens (tertiary/aromatic N) is 3. The summed E-state index contributed by atoms with van der Waals surface area (Å²) in [4.78, 5) is 4.19. The lowest BCUT2D eigenvalue weighted by atomic mass is 10.1. The molecule has 2 unspecified atom stereocenters. The van der Waals surface area contributed by atoms with E-state index < -0.39 is 12.3 Å². The van der Waals surface area contributed by atoms with Crippen molar-refractivity contribution >= 4 is 22.4 Å². The third kappa shape index (κ3) is 3.48. The van der Waals surface area contributed by atoms with Gasteiger partial charge in [0.2, 0.25) is 0 Å². The molecule has 0 aliphatic carbocycles. The Labute approximate surface area is 152 Å². The quantitative estimate of drug-likeness (QED) is 0.767. The molecule has 5 N–H and O–H groups in total. The molecule has 0 saturated carbocycles. The fourth-order valence-corrected chi connectivity index (χ4v) is 3.02. The van der Waals surface area contributed by atoms with Crippen LogP contribution >= 0.6 is 0 Å². The first-order valence-corrected chi connectivity index (χ1v) is 8.79. The van der Waals surface area contributed by atoms with E-state index in [9.17, 15) is 4.39 Å². The number of halogens is 1. The SMILES string of the molecule is C=C(N)C1=CC(F)C(N)N=C1Nc1ccc2c(c1)c(C)nn2CCCC. The number of dihydropyridines is 1. The van der Waals surface area contributed by atoms with Crippen LogP contribution in [0.1, 0.15) is 25.5 Å². The first kappa shape index (κ1) is 18.1. The maximum Gasteiger partial charge on any atom is 0.155 e. The fourth-order valence-electron chi connectivity index (χ4n) is 3.02. The van der Waals surface area contributed by atoms with E-state index in [1.807, 2.05) is 29.8 Å². The van der Waals surface area contributed by atoms with Crippen molar-refractivity contribution in [3.8, 4) is 0 Å². The predicted octanol–water partition coefficient (Wildman–Crippen LogP) is 2.99. The van der Waals surface area contributed by atoms with Gasteiger partial charge < -0.3 is 16.8 Å². The van der Waals surface area contributed by atoms with Gasteiger partial charge in [-0.15, -0.1) is 0 Å². The van der Waals surface area contributed by atoms with Crippen LogP contribution < -0.4 is 16.8 Å². The number of aromatic nitrogens is 2. The van der Waals surface area contributed by atoms with Crippen molar-refractivity contribution in [3.63, 3.8) is 0 Å². The third-order valence-electron chi connectivity index (χ3n) is 4.45. The Balaban J connectivity index is 1.91. The number of unbranched alkanes of at least 4 members (excludes halogenated alkanes) is 1. The number of hydrogen-bond donors (Lipinski definition) is 3. The molecule has 0 radical (unpaired) electrons. The van der Waals surface area contributed by atoms with Crippen molar-refractivity contribution in [2.75, 3.05) is 5.32 Å². The van der Waals surface area contributed by atoms with E-state index in [2.05, 4.69) is 28.9 Å². The van der Waals surface area contributed by atoms with Crippen molar-refractivity contribution in [2.45, 2.75) is 45.6 Å². The molecule has 2 atom stereocenters. The molecule has 1 aromatic heterocycles. The van der Waals surface area contributed by atoms with Crippen LogP contribution in [0.15, 0.2) is 47.1 Å². The summed E-state index contributed by atoms with van der Waals surface area (Å²) < 4.78 is 15.9. The summed E-state index contributed by atoms with van der Waals surface area (Å²) in [5.74, 6) is 0.425. The van der Waals surface area contributed by atoms with Gasteiger partial charge in [-0.2, -0.15) is 5.10 Å². The number of alkyl halides is 1. The highest BCUT2D eigenvalue weighted by Crippen LogP contribution is 2.25. The molecule has 2 heterocycles. The molecule has 0 saturated heterocycles. The number of amidine groups is 1. The zero-order valence-corrected chi connectivity index (χ0v) is 15.2. The average molecular weight is 356 g/mol. The van der Waals surface area contributed by atoms with E-state index in [-0.39, 0.29) is 5.70 Å². The Morgan fingerprint density at radius 1 is 1.42 bits per heavy atom. The molecule has 26 heavy (non-hydrogen) atoms. The lowest BCUT2D eigenvalue weighted by molar-refractivity contribution is 0.342. The Morgan fingerprint density at radius 2 is 2.19 bits per heavy atom. The number of aryl methyl sites for hydroxylation is 2. The van der Waals surface area contributed by atoms with Gasteiger partial charge >= 0.3 is 0 Å². The molecule has 0 bridgehead atoms. The highest BCUT2D eigenvalue weighted by molar-refractivity contribution is 6.11. The van der Waals surface area contributed by atoms with Crippen LogP contribution in [0.3, 0.4) is 0 Å². The Bertz CT molecular complexity index is 895. The molecule has 0 fully saturated rings. The first-order valence-electron chi connectivity index (χ1n) is 8.79. The highest BCUT2D eigenvalue weighted by atomic mass is 19.1. The van der Waals surface area contributed by atoms with Crippen molar-refractivity contribution in [1.82, 2.24) is 9.78 Å². The normalized spacial score (nSPS) is 20.0. The number of nitrogens with two attached hydrogens (primary N) is 2. The smallest absolute Gasteiger partial charge is 0.155 e. The Hall–Kier alpha value is -2.67. The molecule has 1 aliphatic heterocycles. The summed E-state index contributed by atoms with van der Waals surface area (Å²) in [6, 6.07) is 5.97. The minimum Gasteiger partial charge on any atom is -0.399 e. The monoisotopic (exact) mass is 356 g/mol. The largest absolute Gasteiger partial charge is 0.399 e. The summed E-state index contributed by atoms with van der Waals surface area (Å²) in [7, 11) is 0. The van der Waals surface area contributed by atoms with Gasteiger partial charge in [-0.05, 0) is 37.6 Å². The van der Waals surface area contributed by atoms with Crippen molar-refractivity contribution in [2.24, 2.45) is 16.5 Å². The summed E-state index contributed by atoms with van der Waals surface area (Å²) in [6.07, 6.45) is 1.23. The molecular weight excluding hydrogens is 331 g/mol. The van der Waals surface area contributed by atoms with E-state index in [1.165, 1.54) is 6.08 Å². The average Bonchev–Trinajstić information content (AvgIpc) is 2.91. The summed E-state index contributed by atoms with van der Waals surface area (Å²) in [6.45, 7) is 8.74. The maximum atomic E-state index is 13.8. The van der Waals surface area contributed by atoms with Gasteiger partial charge in [0.05, 0.1) is 11.2 Å². The van der Waals surface area contributed by atoms with Gasteiger partial charge in [0.25, 0.3) is 0 Å². The van der Waals surface area contributed by atoms with Gasteiger partial charge in [0.15, 0.2) is 6.17 Å². The number of aliphatic imine (C=N–C) groups is 1. The van der Waals surface area contributed by atoms with E-state index >= 15 is 0 Å². The second-order valence-corrected chi connectivity index (χ2v) is 6.54. The molecule has 138 valence electrons. The second kappa shape index (κ2) is 7.29. The number of benzene rings is 1. The van der Waals surface area contributed by atoms with Crippen LogP contribution in [0.25, 0.3) is 10.9 Å². The number of anilines is 1. The molecule has 6 nitrogen and oxygen atoms in total. The molecule has 1 aliphatic rings. The minimum atomic E-state index is -1.38. The Kier molecular flexibility index (Phi) is 5.08. The van der Waals surface area contributed by atoms with Crippen LogP contribution in [0, 0.1) is 6.92 Å². The predicted molar refractivity (Wildman–Crippen MR) is 105 cm³/mol. The fraction of sp³-hybridized carbons (Fsp3) is 0.368. The minimum absolute atomic E-state index is 0.246. The van der Waals surface area contributed by atoms with Crippen LogP contribution in [-0.4, -0.2) is 28.0 Å². The lowest BCUT2D eigenvalue weighted by Gasteiger charge is -2.22. The first-order chi connectivity index (χ1) is 12.4. The number of rotatable bonds is 5. The van der Waals surface area contributed by atoms with E-state index in [4.69, 9.17) is 11.5 Å². The summed E-state index contributed by atoms with van der Waals surface area (Å²) in [5, 5.41) is 8.88. The van der Waals surface area contributed by atoms with Gasteiger partial charge in [0, 0.05) is 28.9 Å². The molecule has 0 amide bonds. The maximum absolute atomic E-state index is 13.8. The van der Waals surface area contributed by atoms with Crippen molar-refractivity contribution in [1.29, 1.82) is 0 Å². The molecular formula is C19H25FN6. The highest BCUT2D eigenvalue weighted by Gasteiger charge is 2.24. The number of hydrogen-bond acceptors (Lipinski definition) is 5. The van der Waals surface area contributed by atoms with Gasteiger partial charge in [0.1, 0.15) is 12.0 Å². The summed E-state index contributed by atoms with van der Waals surface area (Å²) in [5.41, 5.74) is 15.0. The lowest BCUT2D eigenvalue weighted by Crippen LogP contribution is -2.36. The zero-order valence-electron chi connectivity index (χ0n) is 15.2. The van der Waals surface area contributed by atoms with Crippen LogP contribution in [-0.2, 0) is 6.54 Å². The molecule has 3 rings (SSSR count).